The molecule has 1 aliphatic heterocycles. The van der Waals surface area contributed by atoms with Crippen molar-refractivity contribution >= 4 is 0 Å². The van der Waals surface area contributed by atoms with E-state index in [0.29, 0.717) is 18.7 Å². The molecule has 0 amide bonds. The minimum absolute atomic E-state index is 0.307. The molecule has 1 saturated heterocycles. The van der Waals surface area contributed by atoms with Crippen LogP contribution in [-0.2, 0) is 0 Å². The van der Waals surface area contributed by atoms with Gasteiger partial charge in [-0.2, -0.15) is 0 Å². The van der Waals surface area contributed by atoms with Gasteiger partial charge in [0, 0.05) is 12.1 Å². The fraction of sp³-hybridized carbons (Fsp3) is 1.00. The van der Waals surface area contributed by atoms with E-state index in [1.54, 1.807) is 0 Å². The van der Waals surface area contributed by atoms with Gasteiger partial charge >= 0.3 is 0 Å². The standard InChI is InChI=1S/C11H24N2O/c1-2-10(6-7-12)13-8-4-3-5-11(13)9-14/h10-11,14H,2-9,12H2,1H3. The number of piperidine rings is 1. The molecule has 0 saturated carbocycles. The SMILES string of the molecule is CCC(CCN)N1CCCCC1CO. The molecule has 1 aliphatic rings. The number of hydrogen-bond acceptors (Lipinski definition) is 3. The second kappa shape index (κ2) is 6.38. The van der Waals surface area contributed by atoms with Gasteiger partial charge in [0.1, 0.15) is 0 Å². The summed E-state index contributed by atoms with van der Waals surface area (Å²) in [5, 5.41) is 9.30. The van der Waals surface area contributed by atoms with E-state index in [0.717, 1.165) is 32.4 Å². The van der Waals surface area contributed by atoms with Crippen LogP contribution in [0.2, 0.25) is 0 Å². The van der Waals surface area contributed by atoms with Gasteiger partial charge in [-0.25, -0.2) is 0 Å². The van der Waals surface area contributed by atoms with Crippen LogP contribution < -0.4 is 5.73 Å². The molecule has 1 rings (SSSR count). The number of aliphatic hydroxyl groups excluding tert-OH is 1. The minimum atomic E-state index is 0.307. The van der Waals surface area contributed by atoms with Crippen molar-refractivity contribution in [3.05, 3.63) is 0 Å². The lowest BCUT2D eigenvalue weighted by Gasteiger charge is -2.40. The second-order valence-corrected chi connectivity index (χ2v) is 4.21. The van der Waals surface area contributed by atoms with Crippen molar-refractivity contribution in [2.24, 2.45) is 5.73 Å². The van der Waals surface area contributed by atoms with Gasteiger partial charge in [-0.1, -0.05) is 13.3 Å². The Kier molecular flexibility index (Phi) is 5.45. The van der Waals surface area contributed by atoms with E-state index in [-0.39, 0.29) is 0 Å². The second-order valence-electron chi connectivity index (χ2n) is 4.21. The summed E-state index contributed by atoms with van der Waals surface area (Å²) in [4.78, 5) is 2.47. The Bertz CT molecular complexity index is 152. The van der Waals surface area contributed by atoms with E-state index in [1.165, 1.54) is 12.8 Å². The Hall–Kier alpha value is -0.120. The average Bonchev–Trinajstić information content (AvgIpc) is 2.26. The van der Waals surface area contributed by atoms with E-state index in [1.807, 2.05) is 0 Å². The highest BCUT2D eigenvalue weighted by atomic mass is 16.3. The van der Waals surface area contributed by atoms with Crippen molar-refractivity contribution < 1.29 is 5.11 Å². The summed E-state index contributed by atoms with van der Waals surface area (Å²) < 4.78 is 0. The molecule has 0 bridgehead atoms. The van der Waals surface area contributed by atoms with E-state index in [9.17, 15) is 5.11 Å². The summed E-state index contributed by atoms with van der Waals surface area (Å²) in [5.74, 6) is 0. The maximum Gasteiger partial charge on any atom is 0.0586 e. The third-order valence-corrected chi connectivity index (χ3v) is 3.32. The van der Waals surface area contributed by atoms with Crippen molar-refractivity contribution in [3.8, 4) is 0 Å². The summed E-state index contributed by atoms with van der Waals surface area (Å²) in [7, 11) is 0. The Morgan fingerprint density at radius 3 is 2.86 bits per heavy atom. The van der Waals surface area contributed by atoms with Crippen LogP contribution in [0.3, 0.4) is 0 Å². The van der Waals surface area contributed by atoms with Gasteiger partial charge in [0.2, 0.25) is 0 Å². The van der Waals surface area contributed by atoms with Crippen molar-refractivity contribution in [2.75, 3.05) is 19.7 Å². The summed E-state index contributed by atoms with van der Waals surface area (Å²) in [6, 6.07) is 0.970. The Morgan fingerprint density at radius 1 is 1.50 bits per heavy atom. The highest BCUT2D eigenvalue weighted by Crippen LogP contribution is 2.21. The van der Waals surface area contributed by atoms with Crippen molar-refractivity contribution in [2.45, 2.75) is 51.1 Å². The fourth-order valence-corrected chi connectivity index (χ4v) is 2.50. The van der Waals surface area contributed by atoms with Crippen LogP contribution >= 0.6 is 0 Å². The van der Waals surface area contributed by atoms with Crippen molar-refractivity contribution in [1.29, 1.82) is 0 Å². The van der Waals surface area contributed by atoms with Crippen LogP contribution in [0.4, 0.5) is 0 Å². The van der Waals surface area contributed by atoms with Gasteiger partial charge in [0.25, 0.3) is 0 Å². The molecule has 1 heterocycles. The Morgan fingerprint density at radius 2 is 2.29 bits per heavy atom. The van der Waals surface area contributed by atoms with Gasteiger partial charge in [-0.3, -0.25) is 4.90 Å². The number of rotatable bonds is 5. The molecule has 0 aromatic heterocycles. The molecule has 14 heavy (non-hydrogen) atoms. The molecule has 84 valence electrons. The molecular weight excluding hydrogens is 176 g/mol. The summed E-state index contributed by atoms with van der Waals surface area (Å²) >= 11 is 0. The van der Waals surface area contributed by atoms with Crippen molar-refractivity contribution in [1.82, 2.24) is 4.90 Å². The zero-order valence-electron chi connectivity index (χ0n) is 9.28. The zero-order valence-corrected chi connectivity index (χ0v) is 9.28. The van der Waals surface area contributed by atoms with E-state index < -0.39 is 0 Å². The molecule has 2 atom stereocenters. The quantitative estimate of drug-likeness (QED) is 0.695. The zero-order chi connectivity index (χ0) is 10.4. The summed E-state index contributed by atoms with van der Waals surface area (Å²) in [6.45, 7) is 4.42. The van der Waals surface area contributed by atoms with Gasteiger partial charge in [0.05, 0.1) is 6.61 Å². The lowest BCUT2D eigenvalue weighted by atomic mass is 9.98. The number of hydrogen-bond donors (Lipinski definition) is 2. The first kappa shape index (κ1) is 12.0. The van der Waals surface area contributed by atoms with Crippen LogP contribution in [0.15, 0.2) is 0 Å². The maximum absolute atomic E-state index is 9.30. The summed E-state index contributed by atoms with van der Waals surface area (Å²) in [6.07, 6.45) is 5.90. The van der Waals surface area contributed by atoms with E-state index in [2.05, 4.69) is 11.8 Å². The first-order valence-electron chi connectivity index (χ1n) is 5.90. The lowest BCUT2D eigenvalue weighted by molar-refractivity contribution is 0.0488. The molecule has 0 spiro atoms. The van der Waals surface area contributed by atoms with Crippen LogP contribution in [0.1, 0.15) is 39.0 Å². The Labute approximate surface area is 87.3 Å². The maximum atomic E-state index is 9.30. The molecule has 0 aromatic rings. The molecule has 3 heteroatoms. The highest BCUT2D eigenvalue weighted by molar-refractivity contribution is 4.82. The molecule has 3 N–H and O–H groups in total. The third kappa shape index (κ3) is 2.94. The van der Waals surface area contributed by atoms with Crippen LogP contribution in [0.5, 0.6) is 0 Å². The number of nitrogens with two attached hydrogens (primary N) is 1. The molecule has 0 aliphatic carbocycles. The molecule has 0 radical (unpaired) electrons. The highest BCUT2D eigenvalue weighted by Gasteiger charge is 2.26. The monoisotopic (exact) mass is 200 g/mol. The first-order valence-corrected chi connectivity index (χ1v) is 5.90. The third-order valence-electron chi connectivity index (χ3n) is 3.32. The van der Waals surface area contributed by atoms with Crippen LogP contribution in [-0.4, -0.2) is 41.8 Å². The largest absolute Gasteiger partial charge is 0.395 e. The smallest absolute Gasteiger partial charge is 0.0586 e. The fourth-order valence-electron chi connectivity index (χ4n) is 2.50. The van der Waals surface area contributed by atoms with Gasteiger partial charge < -0.3 is 10.8 Å². The molecular formula is C11H24N2O. The van der Waals surface area contributed by atoms with E-state index in [4.69, 9.17) is 5.73 Å². The molecule has 2 unspecified atom stereocenters. The summed E-state index contributed by atoms with van der Waals surface area (Å²) in [5.41, 5.74) is 5.61. The number of aliphatic hydroxyl groups is 1. The predicted octanol–water partition coefficient (Wildman–Crippen LogP) is 0.961. The number of likely N-dealkylation sites (tertiary alicyclic amines) is 1. The van der Waals surface area contributed by atoms with Crippen molar-refractivity contribution in [3.63, 3.8) is 0 Å². The van der Waals surface area contributed by atoms with Gasteiger partial charge in [-0.05, 0) is 38.8 Å². The minimum Gasteiger partial charge on any atom is -0.395 e. The first-order chi connectivity index (χ1) is 6.83. The molecule has 0 aromatic carbocycles. The predicted molar refractivity (Wildman–Crippen MR) is 59.2 cm³/mol. The van der Waals surface area contributed by atoms with Crippen LogP contribution in [0.25, 0.3) is 0 Å². The lowest BCUT2D eigenvalue weighted by Crippen LogP contribution is -2.48. The van der Waals surface area contributed by atoms with E-state index >= 15 is 0 Å². The molecule has 1 fully saturated rings. The number of nitrogens with zero attached hydrogens (tertiary/aromatic N) is 1. The van der Waals surface area contributed by atoms with Crippen LogP contribution in [0, 0.1) is 0 Å². The topological polar surface area (TPSA) is 49.5 Å². The normalized spacial score (nSPS) is 26.4. The molecule has 3 nitrogen and oxygen atoms in total. The Balaban J connectivity index is 2.51. The average molecular weight is 200 g/mol. The van der Waals surface area contributed by atoms with Gasteiger partial charge in [-0.15, -0.1) is 0 Å². The van der Waals surface area contributed by atoms with Gasteiger partial charge in [0.15, 0.2) is 0 Å².